The Morgan fingerprint density at radius 1 is 1.41 bits per heavy atom. The molecular formula is C11H23N5O. The van der Waals surface area contributed by atoms with Crippen molar-refractivity contribution in [1.82, 2.24) is 25.5 Å². The van der Waals surface area contributed by atoms with Crippen molar-refractivity contribution in [1.29, 1.82) is 0 Å². The van der Waals surface area contributed by atoms with Crippen molar-refractivity contribution < 1.29 is 4.74 Å². The van der Waals surface area contributed by atoms with Crippen LogP contribution < -0.4 is 5.32 Å². The summed E-state index contributed by atoms with van der Waals surface area (Å²) in [6, 6.07) is 0. The van der Waals surface area contributed by atoms with Gasteiger partial charge >= 0.3 is 0 Å². The summed E-state index contributed by atoms with van der Waals surface area (Å²) in [7, 11) is 1.73. The normalized spacial score (nSPS) is 12.0. The molecule has 0 atom stereocenters. The number of ether oxygens (including phenoxy) is 1. The van der Waals surface area contributed by atoms with Gasteiger partial charge in [0.15, 0.2) is 5.82 Å². The Morgan fingerprint density at radius 2 is 2.18 bits per heavy atom. The quantitative estimate of drug-likeness (QED) is 0.731. The van der Waals surface area contributed by atoms with Crippen LogP contribution in [0.4, 0.5) is 0 Å². The monoisotopic (exact) mass is 241 g/mol. The summed E-state index contributed by atoms with van der Waals surface area (Å²) in [5.74, 6) is 0.886. The number of hydrogen-bond donors (Lipinski definition) is 1. The maximum absolute atomic E-state index is 5.12. The minimum absolute atomic E-state index is 0.131. The maximum atomic E-state index is 5.12. The zero-order valence-corrected chi connectivity index (χ0v) is 11.2. The number of hydrogen-bond acceptors (Lipinski definition) is 5. The van der Waals surface area contributed by atoms with E-state index in [1.165, 1.54) is 0 Å². The van der Waals surface area contributed by atoms with Crippen LogP contribution in [0.25, 0.3) is 0 Å². The smallest absolute Gasteiger partial charge is 0.165 e. The van der Waals surface area contributed by atoms with Crippen LogP contribution in [-0.2, 0) is 17.8 Å². The second kappa shape index (κ2) is 6.66. The first-order valence-corrected chi connectivity index (χ1v) is 6.04. The first-order chi connectivity index (χ1) is 8.09. The molecule has 1 rings (SSSR count). The fraction of sp³-hybridized carbons (Fsp3) is 0.909. The van der Waals surface area contributed by atoms with Crippen LogP contribution in [0.5, 0.6) is 0 Å². The Bertz CT molecular complexity index is 323. The van der Waals surface area contributed by atoms with Crippen LogP contribution in [-0.4, -0.2) is 40.5 Å². The molecule has 1 heterocycles. The molecule has 98 valence electrons. The van der Waals surface area contributed by atoms with Gasteiger partial charge in [0.25, 0.3) is 0 Å². The van der Waals surface area contributed by atoms with Gasteiger partial charge in [-0.3, -0.25) is 0 Å². The number of nitrogens with zero attached hydrogens (tertiary/aromatic N) is 4. The molecule has 1 aromatic heterocycles. The minimum Gasteiger partial charge on any atom is -0.385 e. The standard InChI is InChI=1S/C11H23N5O/c1-5-12-8-10-13-14-15-16(10)9-11(2,3)6-7-17-4/h12H,5-9H2,1-4H3. The van der Waals surface area contributed by atoms with Crippen molar-refractivity contribution >= 4 is 0 Å². The third-order valence-electron chi connectivity index (χ3n) is 2.70. The molecular weight excluding hydrogens is 218 g/mol. The molecule has 0 radical (unpaired) electrons. The highest BCUT2D eigenvalue weighted by atomic mass is 16.5. The van der Waals surface area contributed by atoms with E-state index in [1.807, 2.05) is 4.68 Å². The first kappa shape index (κ1) is 14.1. The molecule has 0 aliphatic carbocycles. The van der Waals surface area contributed by atoms with E-state index in [9.17, 15) is 0 Å². The summed E-state index contributed by atoms with van der Waals surface area (Å²) >= 11 is 0. The zero-order valence-electron chi connectivity index (χ0n) is 11.2. The van der Waals surface area contributed by atoms with Crippen LogP contribution in [0.15, 0.2) is 0 Å². The summed E-state index contributed by atoms with van der Waals surface area (Å²) in [4.78, 5) is 0. The average Bonchev–Trinajstić information content (AvgIpc) is 2.70. The molecule has 0 bridgehead atoms. The fourth-order valence-electron chi connectivity index (χ4n) is 1.57. The van der Waals surface area contributed by atoms with Crippen molar-refractivity contribution in [3.63, 3.8) is 0 Å². The summed E-state index contributed by atoms with van der Waals surface area (Å²) in [5.41, 5.74) is 0.131. The molecule has 1 aromatic rings. The van der Waals surface area contributed by atoms with Gasteiger partial charge in [0.05, 0.1) is 13.1 Å². The van der Waals surface area contributed by atoms with Crippen LogP contribution in [0, 0.1) is 5.41 Å². The molecule has 0 aliphatic rings. The van der Waals surface area contributed by atoms with Crippen molar-refractivity contribution in [2.24, 2.45) is 5.41 Å². The average molecular weight is 241 g/mol. The summed E-state index contributed by atoms with van der Waals surface area (Å²) in [5, 5.41) is 15.0. The molecule has 0 spiro atoms. The lowest BCUT2D eigenvalue weighted by atomic mass is 9.90. The lowest BCUT2D eigenvalue weighted by Crippen LogP contribution is -2.25. The molecule has 0 saturated heterocycles. The van der Waals surface area contributed by atoms with Gasteiger partial charge in [-0.15, -0.1) is 5.10 Å². The summed E-state index contributed by atoms with van der Waals surface area (Å²) < 4.78 is 6.99. The fourth-order valence-corrected chi connectivity index (χ4v) is 1.57. The molecule has 0 fully saturated rings. The topological polar surface area (TPSA) is 64.9 Å². The molecule has 0 saturated carbocycles. The molecule has 0 aliphatic heterocycles. The predicted octanol–water partition coefficient (Wildman–Crippen LogP) is 0.845. The van der Waals surface area contributed by atoms with E-state index < -0.39 is 0 Å². The second-order valence-electron chi connectivity index (χ2n) is 4.94. The number of tetrazole rings is 1. The third-order valence-corrected chi connectivity index (χ3v) is 2.70. The van der Waals surface area contributed by atoms with Crippen LogP contribution in [0.1, 0.15) is 33.0 Å². The van der Waals surface area contributed by atoms with Gasteiger partial charge in [-0.1, -0.05) is 20.8 Å². The van der Waals surface area contributed by atoms with Crippen LogP contribution >= 0.6 is 0 Å². The third kappa shape index (κ3) is 4.79. The van der Waals surface area contributed by atoms with E-state index in [2.05, 4.69) is 41.6 Å². The lowest BCUT2D eigenvalue weighted by molar-refractivity contribution is 0.139. The van der Waals surface area contributed by atoms with E-state index in [0.29, 0.717) is 6.54 Å². The van der Waals surface area contributed by atoms with Crippen molar-refractivity contribution in [3.8, 4) is 0 Å². The Labute approximate surface area is 103 Å². The minimum atomic E-state index is 0.131. The van der Waals surface area contributed by atoms with Gasteiger partial charge < -0.3 is 10.1 Å². The van der Waals surface area contributed by atoms with Gasteiger partial charge in [0.1, 0.15) is 0 Å². The van der Waals surface area contributed by atoms with Crippen molar-refractivity contribution in [3.05, 3.63) is 5.82 Å². The first-order valence-electron chi connectivity index (χ1n) is 6.04. The van der Waals surface area contributed by atoms with Crippen molar-refractivity contribution in [2.75, 3.05) is 20.3 Å². The predicted molar refractivity (Wildman–Crippen MR) is 65.5 cm³/mol. The second-order valence-corrected chi connectivity index (χ2v) is 4.94. The van der Waals surface area contributed by atoms with Crippen LogP contribution in [0.2, 0.25) is 0 Å². The molecule has 1 N–H and O–H groups in total. The SMILES string of the molecule is CCNCc1nnnn1CC(C)(C)CCOC. The number of rotatable bonds is 8. The van der Waals surface area contributed by atoms with E-state index in [-0.39, 0.29) is 5.41 Å². The van der Waals surface area contributed by atoms with Gasteiger partial charge in [0.2, 0.25) is 0 Å². The summed E-state index contributed by atoms with van der Waals surface area (Å²) in [6.07, 6.45) is 0.990. The number of nitrogens with one attached hydrogen (secondary N) is 1. The lowest BCUT2D eigenvalue weighted by Gasteiger charge is -2.24. The Hall–Kier alpha value is -1.01. The van der Waals surface area contributed by atoms with E-state index in [0.717, 1.165) is 31.9 Å². The molecule has 6 nitrogen and oxygen atoms in total. The summed E-state index contributed by atoms with van der Waals surface area (Å²) in [6.45, 7) is 9.66. The Morgan fingerprint density at radius 3 is 2.82 bits per heavy atom. The van der Waals surface area contributed by atoms with Gasteiger partial charge in [-0.2, -0.15) is 0 Å². The van der Waals surface area contributed by atoms with Gasteiger partial charge in [0, 0.05) is 13.7 Å². The van der Waals surface area contributed by atoms with E-state index in [1.54, 1.807) is 7.11 Å². The number of aromatic nitrogens is 4. The Balaban J connectivity index is 2.57. The molecule has 0 amide bonds. The zero-order chi connectivity index (χ0) is 12.7. The van der Waals surface area contributed by atoms with Gasteiger partial charge in [-0.05, 0) is 28.8 Å². The van der Waals surface area contributed by atoms with Crippen molar-refractivity contribution in [2.45, 2.75) is 40.3 Å². The largest absolute Gasteiger partial charge is 0.385 e. The highest BCUT2D eigenvalue weighted by Gasteiger charge is 2.20. The van der Waals surface area contributed by atoms with Gasteiger partial charge in [-0.25, -0.2) is 4.68 Å². The molecule has 6 heteroatoms. The van der Waals surface area contributed by atoms with E-state index in [4.69, 9.17) is 4.74 Å². The van der Waals surface area contributed by atoms with E-state index >= 15 is 0 Å². The highest BCUT2D eigenvalue weighted by Crippen LogP contribution is 2.22. The Kier molecular flexibility index (Phi) is 5.50. The number of methoxy groups -OCH3 is 1. The maximum Gasteiger partial charge on any atom is 0.165 e. The highest BCUT2D eigenvalue weighted by molar-refractivity contribution is 4.82. The molecule has 0 unspecified atom stereocenters. The molecule has 17 heavy (non-hydrogen) atoms. The molecule has 0 aromatic carbocycles. The van der Waals surface area contributed by atoms with Crippen LogP contribution in [0.3, 0.4) is 0 Å².